The molecule has 0 bridgehead atoms. The van der Waals surface area contributed by atoms with Crippen LogP contribution in [-0.2, 0) is 13.0 Å². The Morgan fingerprint density at radius 3 is 2.60 bits per heavy atom. The Balaban J connectivity index is 1.59. The van der Waals surface area contributed by atoms with E-state index in [-0.39, 0.29) is 5.82 Å². The van der Waals surface area contributed by atoms with E-state index < -0.39 is 0 Å². The molecule has 2 aromatic carbocycles. The molecule has 0 radical (unpaired) electrons. The lowest BCUT2D eigenvalue weighted by Crippen LogP contribution is -2.31. The number of anilines is 1. The van der Waals surface area contributed by atoms with Crippen LogP contribution in [0, 0.1) is 26.6 Å². The van der Waals surface area contributed by atoms with Crippen LogP contribution in [0.25, 0.3) is 27.8 Å². The summed E-state index contributed by atoms with van der Waals surface area (Å²) in [5.74, 6) is 0.625. The highest BCUT2D eigenvalue weighted by Gasteiger charge is 2.29. The van der Waals surface area contributed by atoms with Crippen LogP contribution in [0.15, 0.2) is 54.9 Å². The lowest BCUT2D eigenvalue weighted by Gasteiger charge is -2.29. The summed E-state index contributed by atoms with van der Waals surface area (Å²) < 4.78 is 17.6. The molecule has 1 aliphatic rings. The van der Waals surface area contributed by atoms with Crippen molar-refractivity contribution in [2.45, 2.75) is 33.7 Å². The molecule has 0 spiro atoms. The van der Waals surface area contributed by atoms with E-state index in [1.54, 1.807) is 12.3 Å². The Hall–Kier alpha value is -3.64. The van der Waals surface area contributed by atoms with Crippen molar-refractivity contribution in [3.8, 4) is 16.9 Å². The third-order valence-electron chi connectivity index (χ3n) is 6.90. The van der Waals surface area contributed by atoms with E-state index >= 15 is 4.39 Å². The van der Waals surface area contributed by atoms with Crippen molar-refractivity contribution in [2.24, 2.45) is 0 Å². The SMILES string of the molecule is Cc1cc(Cl)cnc1N1CCc2nn(-c3c(C)cccc3C)c(-c3cc4cc[nH]c4cc3F)c2C1. The van der Waals surface area contributed by atoms with E-state index in [4.69, 9.17) is 16.7 Å². The van der Waals surface area contributed by atoms with Gasteiger partial charge in [0.15, 0.2) is 0 Å². The van der Waals surface area contributed by atoms with Crippen LogP contribution in [-0.4, -0.2) is 26.3 Å². The van der Waals surface area contributed by atoms with Crippen LogP contribution in [0.1, 0.15) is 27.9 Å². The summed E-state index contributed by atoms with van der Waals surface area (Å²) in [4.78, 5) is 9.96. The van der Waals surface area contributed by atoms with Gasteiger partial charge in [-0.05, 0) is 61.7 Å². The molecular formula is C28H25ClFN5. The van der Waals surface area contributed by atoms with Crippen molar-refractivity contribution in [1.82, 2.24) is 19.7 Å². The number of nitrogens with one attached hydrogen (secondary N) is 1. The number of aryl methyl sites for hydroxylation is 3. The van der Waals surface area contributed by atoms with E-state index in [2.05, 4.69) is 40.8 Å². The van der Waals surface area contributed by atoms with E-state index in [1.807, 2.05) is 42.1 Å². The molecule has 5 nitrogen and oxygen atoms in total. The van der Waals surface area contributed by atoms with Crippen LogP contribution in [0.3, 0.4) is 0 Å². The molecule has 7 heteroatoms. The fourth-order valence-corrected chi connectivity index (χ4v) is 5.46. The number of hydrogen-bond acceptors (Lipinski definition) is 3. The Labute approximate surface area is 208 Å². The number of rotatable bonds is 3. The van der Waals surface area contributed by atoms with Crippen LogP contribution in [0.4, 0.5) is 10.2 Å². The predicted molar refractivity (Wildman–Crippen MR) is 139 cm³/mol. The first-order chi connectivity index (χ1) is 16.9. The number of benzene rings is 2. The maximum Gasteiger partial charge on any atom is 0.134 e. The zero-order valence-corrected chi connectivity index (χ0v) is 20.6. The first-order valence-electron chi connectivity index (χ1n) is 11.7. The van der Waals surface area contributed by atoms with Gasteiger partial charge in [0, 0.05) is 53.9 Å². The smallest absolute Gasteiger partial charge is 0.134 e. The Morgan fingerprint density at radius 2 is 1.83 bits per heavy atom. The summed E-state index contributed by atoms with van der Waals surface area (Å²) in [5.41, 5.74) is 8.37. The standard InChI is InChI=1S/C28H25ClFN5/c1-16-5-4-6-17(2)26(16)35-27(21-12-19-7-9-31-25(19)13-23(21)30)22-15-34(10-8-24(22)33-35)28-18(3)11-20(29)14-32-28/h4-7,9,11-14,31H,8,10,15H2,1-3H3. The minimum absolute atomic E-state index is 0.270. The number of hydrogen-bond donors (Lipinski definition) is 1. The summed E-state index contributed by atoms with van der Waals surface area (Å²) in [7, 11) is 0. The maximum atomic E-state index is 15.7. The van der Waals surface area contributed by atoms with Crippen LogP contribution >= 0.6 is 11.6 Å². The van der Waals surface area contributed by atoms with Crippen molar-refractivity contribution in [2.75, 3.05) is 11.4 Å². The van der Waals surface area contributed by atoms with Gasteiger partial charge in [0.2, 0.25) is 0 Å². The molecule has 176 valence electrons. The molecule has 0 unspecified atom stereocenters. The number of para-hydroxylation sites is 1. The summed E-state index contributed by atoms with van der Waals surface area (Å²) in [5, 5.41) is 6.65. The second kappa shape index (κ2) is 8.24. The second-order valence-corrected chi connectivity index (χ2v) is 9.73. The predicted octanol–water partition coefficient (Wildman–Crippen LogP) is 6.70. The van der Waals surface area contributed by atoms with Gasteiger partial charge < -0.3 is 9.88 Å². The van der Waals surface area contributed by atoms with Gasteiger partial charge in [-0.25, -0.2) is 14.1 Å². The van der Waals surface area contributed by atoms with Gasteiger partial charge in [0.05, 0.1) is 22.1 Å². The zero-order valence-electron chi connectivity index (χ0n) is 19.9. The third-order valence-corrected chi connectivity index (χ3v) is 7.11. The van der Waals surface area contributed by atoms with Gasteiger partial charge >= 0.3 is 0 Å². The minimum Gasteiger partial charge on any atom is -0.361 e. The molecule has 1 N–H and O–H groups in total. The summed E-state index contributed by atoms with van der Waals surface area (Å²) in [6.07, 6.45) is 4.26. The molecule has 0 saturated heterocycles. The molecule has 0 amide bonds. The number of aromatic amines is 1. The van der Waals surface area contributed by atoms with Gasteiger partial charge in [-0.1, -0.05) is 29.8 Å². The lowest BCUT2D eigenvalue weighted by molar-refractivity contribution is 0.631. The normalized spacial score (nSPS) is 13.5. The number of nitrogens with zero attached hydrogens (tertiary/aromatic N) is 4. The first-order valence-corrected chi connectivity index (χ1v) is 12.1. The highest BCUT2D eigenvalue weighted by Crippen LogP contribution is 2.38. The topological polar surface area (TPSA) is 49.7 Å². The van der Waals surface area contributed by atoms with Gasteiger partial charge in [-0.3, -0.25) is 0 Å². The number of pyridine rings is 1. The van der Waals surface area contributed by atoms with Crippen LogP contribution in [0.5, 0.6) is 0 Å². The Kier molecular flexibility index (Phi) is 5.15. The van der Waals surface area contributed by atoms with Crippen molar-refractivity contribution < 1.29 is 4.39 Å². The second-order valence-electron chi connectivity index (χ2n) is 9.29. The summed E-state index contributed by atoms with van der Waals surface area (Å²) >= 11 is 6.16. The molecular weight excluding hydrogens is 461 g/mol. The molecule has 0 fully saturated rings. The number of H-pyrrole nitrogens is 1. The lowest BCUT2D eigenvalue weighted by atomic mass is 9.98. The Bertz CT molecular complexity index is 1580. The average molecular weight is 486 g/mol. The molecule has 35 heavy (non-hydrogen) atoms. The van der Waals surface area contributed by atoms with E-state index in [0.29, 0.717) is 17.1 Å². The first kappa shape index (κ1) is 21.9. The fraction of sp³-hybridized carbons (Fsp3) is 0.214. The largest absolute Gasteiger partial charge is 0.361 e. The minimum atomic E-state index is -0.270. The number of halogens is 2. The average Bonchev–Trinajstić information content (AvgIpc) is 3.42. The van der Waals surface area contributed by atoms with Gasteiger partial charge in [-0.15, -0.1) is 0 Å². The number of aromatic nitrogens is 4. The molecule has 5 aromatic rings. The molecule has 0 aliphatic carbocycles. The zero-order chi connectivity index (χ0) is 24.3. The molecule has 0 saturated carbocycles. The molecule has 0 atom stereocenters. The maximum absolute atomic E-state index is 15.7. The molecule has 6 rings (SSSR count). The van der Waals surface area contributed by atoms with Crippen molar-refractivity contribution in [3.63, 3.8) is 0 Å². The fourth-order valence-electron chi connectivity index (χ4n) is 5.25. The summed E-state index contributed by atoms with van der Waals surface area (Å²) in [6, 6.07) is 13.6. The van der Waals surface area contributed by atoms with Crippen molar-refractivity contribution in [3.05, 3.63) is 93.6 Å². The van der Waals surface area contributed by atoms with Crippen molar-refractivity contribution in [1.29, 1.82) is 0 Å². The number of fused-ring (bicyclic) bond motifs is 2. The highest BCUT2D eigenvalue weighted by atomic mass is 35.5. The molecule has 3 aromatic heterocycles. The van der Waals surface area contributed by atoms with Gasteiger partial charge in [0.25, 0.3) is 0 Å². The van der Waals surface area contributed by atoms with E-state index in [0.717, 1.165) is 69.0 Å². The summed E-state index contributed by atoms with van der Waals surface area (Å²) in [6.45, 7) is 7.54. The van der Waals surface area contributed by atoms with Crippen molar-refractivity contribution >= 4 is 28.3 Å². The monoisotopic (exact) mass is 485 g/mol. The van der Waals surface area contributed by atoms with Gasteiger partial charge in [-0.2, -0.15) is 5.10 Å². The van der Waals surface area contributed by atoms with Gasteiger partial charge in [0.1, 0.15) is 11.6 Å². The van der Waals surface area contributed by atoms with E-state index in [1.165, 1.54) is 0 Å². The van der Waals surface area contributed by atoms with Crippen LogP contribution in [0.2, 0.25) is 5.02 Å². The van der Waals surface area contributed by atoms with Crippen LogP contribution < -0.4 is 4.90 Å². The third kappa shape index (κ3) is 3.60. The Morgan fingerprint density at radius 1 is 1.03 bits per heavy atom. The highest BCUT2D eigenvalue weighted by molar-refractivity contribution is 6.30. The van der Waals surface area contributed by atoms with E-state index in [9.17, 15) is 0 Å². The molecule has 4 heterocycles. The quantitative estimate of drug-likeness (QED) is 0.309. The molecule has 1 aliphatic heterocycles.